The second-order valence-corrected chi connectivity index (χ2v) is 9.18. The van der Waals surface area contributed by atoms with Gasteiger partial charge in [-0.3, -0.25) is 0 Å². The number of unbranched alkanes of at least 4 members (excludes halogenated alkanes) is 14. The first kappa shape index (κ1) is 26.2. The monoisotopic (exact) mass is 402 g/mol. The van der Waals surface area contributed by atoms with Crippen LogP contribution in [-0.4, -0.2) is 0 Å². The van der Waals surface area contributed by atoms with Crippen LogP contribution < -0.4 is 4.57 Å². The van der Waals surface area contributed by atoms with E-state index in [1.807, 2.05) is 0 Å². The molecule has 0 amide bonds. The highest BCUT2D eigenvalue weighted by Gasteiger charge is 2.10. The van der Waals surface area contributed by atoms with Crippen LogP contribution in [0.4, 0.5) is 0 Å². The number of hydrogen-bond donors (Lipinski definition) is 0. The molecule has 0 bridgehead atoms. The van der Waals surface area contributed by atoms with Crippen molar-refractivity contribution >= 4 is 0 Å². The Morgan fingerprint density at radius 3 is 1.52 bits per heavy atom. The van der Waals surface area contributed by atoms with Gasteiger partial charge in [0.15, 0.2) is 12.4 Å². The Bertz CT molecular complexity index is 479. The van der Waals surface area contributed by atoms with Crippen LogP contribution in [0, 0.1) is 0 Å². The van der Waals surface area contributed by atoms with E-state index in [4.69, 9.17) is 0 Å². The lowest BCUT2D eigenvalue weighted by Crippen LogP contribution is -2.33. The van der Waals surface area contributed by atoms with Crippen LogP contribution in [0.5, 0.6) is 0 Å². The third kappa shape index (κ3) is 13.9. The van der Waals surface area contributed by atoms with Crippen LogP contribution >= 0.6 is 0 Å². The summed E-state index contributed by atoms with van der Waals surface area (Å²) in [5.41, 5.74) is 3.28. The summed E-state index contributed by atoms with van der Waals surface area (Å²) in [7, 11) is 0. The van der Waals surface area contributed by atoms with Gasteiger partial charge in [0.1, 0.15) is 6.54 Å². The lowest BCUT2D eigenvalue weighted by atomic mass is 9.98. The van der Waals surface area contributed by atoms with E-state index in [0.29, 0.717) is 0 Å². The Hall–Kier alpha value is -0.850. The molecule has 168 valence electrons. The van der Waals surface area contributed by atoms with E-state index in [1.165, 1.54) is 129 Å². The zero-order valence-electron chi connectivity index (χ0n) is 20.3. The molecule has 0 saturated carbocycles. The number of rotatable bonds is 20. The Labute approximate surface area is 183 Å². The minimum Gasteiger partial charge on any atom is -0.205 e. The second kappa shape index (κ2) is 19.1. The maximum Gasteiger partial charge on any atom is 0.172 e. The first-order chi connectivity index (χ1) is 14.3. The standard InChI is InChI=1S/C28H52N/c1-4-7-10-13-15-18-21-27-23-25-29(24-20-17-12-9-6-3)26-28(27)22-19-16-14-11-8-5-2/h23,25-26H,4-22,24H2,1-3H3/q+1. The summed E-state index contributed by atoms with van der Waals surface area (Å²) in [5.74, 6) is 0. The van der Waals surface area contributed by atoms with Crippen LogP contribution in [0.3, 0.4) is 0 Å². The van der Waals surface area contributed by atoms with E-state index in [1.54, 1.807) is 11.1 Å². The summed E-state index contributed by atoms with van der Waals surface area (Å²) in [6.45, 7) is 8.10. The van der Waals surface area contributed by atoms with Crippen LogP contribution in [0.25, 0.3) is 0 Å². The highest BCUT2D eigenvalue weighted by molar-refractivity contribution is 5.21. The van der Waals surface area contributed by atoms with Gasteiger partial charge in [0.05, 0.1) is 0 Å². The van der Waals surface area contributed by atoms with Gasteiger partial charge in [-0.25, -0.2) is 4.57 Å². The number of nitrogens with zero attached hydrogens (tertiary/aromatic N) is 1. The van der Waals surface area contributed by atoms with Gasteiger partial charge < -0.3 is 0 Å². The number of pyridine rings is 1. The normalized spacial score (nSPS) is 11.3. The highest BCUT2D eigenvalue weighted by atomic mass is 14.9. The average molecular weight is 403 g/mol. The van der Waals surface area contributed by atoms with Gasteiger partial charge in [-0.15, -0.1) is 0 Å². The highest BCUT2D eigenvalue weighted by Crippen LogP contribution is 2.16. The zero-order chi connectivity index (χ0) is 21.0. The summed E-state index contributed by atoms with van der Waals surface area (Å²) < 4.78 is 2.48. The first-order valence-electron chi connectivity index (χ1n) is 13.3. The number of hydrogen-bond acceptors (Lipinski definition) is 0. The molecule has 1 rings (SSSR count). The molecule has 1 heterocycles. The minimum absolute atomic E-state index is 1.20. The third-order valence-corrected chi connectivity index (χ3v) is 6.32. The Kier molecular flexibility index (Phi) is 17.3. The van der Waals surface area contributed by atoms with Crippen molar-refractivity contribution < 1.29 is 4.57 Å². The summed E-state index contributed by atoms with van der Waals surface area (Å²) in [6, 6.07) is 2.45. The fourth-order valence-corrected chi connectivity index (χ4v) is 4.32. The van der Waals surface area contributed by atoms with E-state index in [9.17, 15) is 0 Å². The Morgan fingerprint density at radius 1 is 0.517 bits per heavy atom. The predicted molar refractivity (Wildman–Crippen MR) is 130 cm³/mol. The molecular formula is C28H52N+. The maximum absolute atomic E-state index is 2.50. The molecule has 1 nitrogen and oxygen atoms in total. The molecule has 0 aliphatic carbocycles. The van der Waals surface area contributed by atoms with Crippen molar-refractivity contribution in [3.63, 3.8) is 0 Å². The number of aromatic nitrogens is 1. The van der Waals surface area contributed by atoms with Gasteiger partial charge in [-0.1, -0.05) is 104 Å². The summed E-state index contributed by atoms with van der Waals surface area (Å²) in [4.78, 5) is 0. The molecule has 29 heavy (non-hydrogen) atoms. The first-order valence-corrected chi connectivity index (χ1v) is 13.3. The van der Waals surface area contributed by atoms with Crippen molar-refractivity contribution in [1.29, 1.82) is 0 Å². The van der Waals surface area contributed by atoms with Gasteiger partial charge >= 0.3 is 0 Å². The molecule has 0 aliphatic rings. The SMILES string of the molecule is CCCCCCCCc1cc[n+](CCCCCCC)cc1CCCCCCCC. The molecule has 0 saturated heterocycles. The van der Waals surface area contributed by atoms with E-state index >= 15 is 0 Å². The van der Waals surface area contributed by atoms with Crippen LogP contribution in [0.15, 0.2) is 18.5 Å². The van der Waals surface area contributed by atoms with E-state index in [-0.39, 0.29) is 0 Å². The van der Waals surface area contributed by atoms with Gasteiger partial charge in [-0.2, -0.15) is 0 Å². The maximum atomic E-state index is 2.50. The molecule has 0 aliphatic heterocycles. The number of aryl methyl sites for hydroxylation is 3. The molecule has 0 aromatic carbocycles. The van der Waals surface area contributed by atoms with Crippen molar-refractivity contribution in [3.05, 3.63) is 29.6 Å². The van der Waals surface area contributed by atoms with Crippen LogP contribution in [0.2, 0.25) is 0 Å². The molecule has 0 spiro atoms. The largest absolute Gasteiger partial charge is 0.205 e. The van der Waals surface area contributed by atoms with Crippen molar-refractivity contribution in [1.82, 2.24) is 0 Å². The van der Waals surface area contributed by atoms with Crippen LogP contribution in [-0.2, 0) is 19.4 Å². The molecule has 0 atom stereocenters. The quantitative estimate of drug-likeness (QED) is 0.151. The fourth-order valence-electron chi connectivity index (χ4n) is 4.32. The lowest BCUT2D eigenvalue weighted by molar-refractivity contribution is -0.697. The lowest BCUT2D eigenvalue weighted by Gasteiger charge is -2.09. The average Bonchev–Trinajstić information content (AvgIpc) is 2.74. The van der Waals surface area contributed by atoms with Gasteiger partial charge in [-0.05, 0) is 37.7 Å². The fraction of sp³-hybridized carbons (Fsp3) is 0.821. The van der Waals surface area contributed by atoms with Gasteiger partial charge in [0.25, 0.3) is 0 Å². The molecule has 1 heteroatoms. The van der Waals surface area contributed by atoms with Crippen molar-refractivity contribution in [2.75, 3.05) is 0 Å². The zero-order valence-corrected chi connectivity index (χ0v) is 20.3. The van der Waals surface area contributed by atoms with Crippen molar-refractivity contribution in [2.45, 2.75) is 149 Å². The molecular weight excluding hydrogens is 350 g/mol. The Balaban J connectivity index is 2.49. The smallest absolute Gasteiger partial charge is 0.172 e. The Morgan fingerprint density at radius 2 is 0.966 bits per heavy atom. The van der Waals surface area contributed by atoms with Gasteiger partial charge in [0, 0.05) is 18.1 Å². The predicted octanol–water partition coefficient (Wildman–Crippen LogP) is 8.75. The molecule has 1 aromatic rings. The van der Waals surface area contributed by atoms with Crippen molar-refractivity contribution in [3.8, 4) is 0 Å². The topological polar surface area (TPSA) is 3.88 Å². The van der Waals surface area contributed by atoms with E-state index < -0.39 is 0 Å². The van der Waals surface area contributed by atoms with E-state index in [2.05, 4.69) is 43.8 Å². The summed E-state index contributed by atoms with van der Waals surface area (Å²) in [5, 5.41) is 0. The molecule has 1 aromatic heterocycles. The van der Waals surface area contributed by atoms with Crippen molar-refractivity contribution in [2.24, 2.45) is 0 Å². The second-order valence-electron chi connectivity index (χ2n) is 9.18. The molecule has 0 fully saturated rings. The summed E-state index contributed by atoms with van der Waals surface area (Å²) in [6.07, 6.45) is 31.0. The van der Waals surface area contributed by atoms with Crippen LogP contribution in [0.1, 0.15) is 141 Å². The van der Waals surface area contributed by atoms with E-state index in [0.717, 1.165) is 0 Å². The minimum atomic E-state index is 1.20. The molecule has 0 unspecified atom stereocenters. The summed E-state index contributed by atoms with van der Waals surface area (Å²) >= 11 is 0. The molecule has 0 N–H and O–H groups in total. The van der Waals surface area contributed by atoms with Gasteiger partial charge in [0.2, 0.25) is 0 Å². The molecule has 0 radical (unpaired) electrons. The third-order valence-electron chi connectivity index (χ3n) is 6.32.